The van der Waals surface area contributed by atoms with Gasteiger partial charge in [0, 0.05) is 24.8 Å². The minimum absolute atomic E-state index is 0. The van der Waals surface area contributed by atoms with Crippen LogP contribution >= 0.6 is 24.8 Å². The Hall–Kier alpha value is -2.07. The number of nitrogens with one attached hydrogen (secondary N) is 1. The number of nitrogens with zero attached hydrogens (tertiary/aromatic N) is 1. The number of aromatic nitrogens is 1. The fourth-order valence-electron chi connectivity index (χ4n) is 2.35. The molecule has 0 aliphatic heterocycles. The van der Waals surface area contributed by atoms with Crippen LogP contribution in [0.2, 0.25) is 0 Å². The molecule has 0 spiro atoms. The predicted octanol–water partition coefficient (Wildman–Crippen LogP) is 4.79. The normalized spacial score (nSPS) is 9.60. The first-order chi connectivity index (χ1) is 11.4. The monoisotopic (exact) mass is 376 g/mol. The van der Waals surface area contributed by atoms with Crippen molar-refractivity contribution in [3.05, 3.63) is 95.8 Å². The fraction of sp³-hybridized carbons (Fsp3) is 0.150. The Bertz CT molecular complexity index is 724. The lowest BCUT2D eigenvalue weighted by molar-refractivity contribution is 0.302. The second-order valence-corrected chi connectivity index (χ2v) is 5.31. The first-order valence-electron chi connectivity index (χ1n) is 7.77. The Balaban J connectivity index is 0.00000156. The largest absolute Gasteiger partial charge is 0.489 e. The molecule has 0 aliphatic rings. The molecule has 0 saturated heterocycles. The van der Waals surface area contributed by atoms with Crippen LogP contribution in [0, 0.1) is 0 Å². The van der Waals surface area contributed by atoms with Gasteiger partial charge in [0.1, 0.15) is 12.4 Å². The van der Waals surface area contributed by atoms with E-state index in [-0.39, 0.29) is 24.8 Å². The molecule has 0 radical (unpaired) electrons. The molecule has 5 heteroatoms. The summed E-state index contributed by atoms with van der Waals surface area (Å²) in [5.41, 5.74) is 3.36. The van der Waals surface area contributed by atoms with Crippen molar-refractivity contribution in [3.8, 4) is 5.75 Å². The van der Waals surface area contributed by atoms with Gasteiger partial charge in [0.15, 0.2) is 0 Å². The zero-order valence-corrected chi connectivity index (χ0v) is 15.4. The molecule has 1 aromatic heterocycles. The molecule has 132 valence electrons. The van der Waals surface area contributed by atoms with Gasteiger partial charge in [-0.05, 0) is 23.8 Å². The van der Waals surface area contributed by atoms with Crippen LogP contribution in [-0.4, -0.2) is 4.98 Å². The zero-order chi connectivity index (χ0) is 15.7. The Labute approximate surface area is 161 Å². The van der Waals surface area contributed by atoms with E-state index in [9.17, 15) is 0 Å². The van der Waals surface area contributed by atoms with Gasteiger partial charge >= 0.3 is 0 Å². The highest BCUT2D eigenvalue weighted by molar-refractivity contribution is 5.85. The maximum absolute atomic E-state index is 5.97. The zero-order valence-electron chi connectivity index (χ0n) is 13.8. The summed E-state index contributed by atoms with van der Waals surface area (Å²) in [5, 5.41) is 3.41. The fourth-order valence-corrected chi connectivity index (χ4v) is 2.35. The molecule has 25 heavy (non-hydrogen) atoms. The average molecular weight is 377 g/mol. The van der Waals surface area contributed by atoms with Crippen molar-refractivity contribution in [1.82, 2.24) is 10.3 Å². The van der Waals surface area contributed by atoms with Crippen molar-refractivity contribution < 1.29 is 4.74 Å². The molecule has 1 heterocycles. The van der Waals surface area contributed by atoms with Gasteiger partial charge in [-0.25, -0.2) is 0 Å². The van der Waals surface area contributed by atoms with Gasteiger partial charge in [0.25, 0.3) is 0 Å². The number of para-hydroxylation sites is 1. The molecule has 3 aromatic rings. The second kappa shape index (κ2) is 11.5. The molecule has 3 rings (SSSR count). The minimum atomic E-state index is 0. The Kier molecular flexibility index (Phi) is 9.63. The van der Waals surface area contributed by atoms with E-state index in [1.54, 1.807) is 0 Å². The van der Waals surface area contributed by atoms with Gasteiger partial charge in [-0.1, -0.05) is 54.6 Å². The molecule has 0 unspecified atom stereocenters. The highest BCUT2D eigenvalue weighted by atomic mass is 35.5. The van der Waals surface area contributed by atoms with E-state index in [0.29, 0.717) is 6.61 Å². The van der Waals surface area contributed by atoms with Gasteiger partial charge in [0.2, 0.25) is 0 Å². The van der Waals surface area contributed by atoms with Gasteiger partial charge in [0.05, 0.1) is 5.69 Å². The maximum Gasteiger partial charge on any atom is 0.124 e. The van der Waals surface area contributed by atoms with Crippen molar-refractivity contribution in [2.75, 3.05) is 0 Å². The highest BCUT2D eigenvalue weighted by Crippen LogP contribution is 2.19. The standard InChI is InChI=1S/C20H20N2O.2ClH/c1-2-8-17(9-3-1)16-23-20-12-5-4-10-18(20)14-21-15-19-11-6-7-13-22-19;;/h1-13,21H,14-16H2;2*1H. The first kappa shape index (κ1) is 21.0. The maximum atomic E-state index is 5.97. The Morgan fingerprint density at radius 3 is 2.24 bits per heavy atom. The first-order valence-corrected chi connectivity index (χ1v) is 7.77. The third-order valence-corrected chi connectivity index (χ3v) is 3.56. The molecule has 0 bridgehead atoms. The van der Waals surface area contributed by atoms with Crippen LogP contribution in [0.3, 0.4) is 0 Å². The molecule has 0 fully saturated rings. The molecule has 0 amide bonds. The number of hydrogen-bond donors (Lipinski definition) is 1. The van der Waals surface area contributed by atoms with E-state index < -0.39 is 0 Å². The van der Waals surface area contributed by atoms with Crippen LogP contribution in [-0.2, 0) is 19.7 Å². The SMILES string of the molecule is Cl.Cl.c1ccc(COc2ccccc2CNCc2ccccn2)cc1. The summed E-state index contributed by atoms with van der Waals surface area (Å²) in [7, 11) is 0. The number of pyridine rings is 1. The molecule has 0 saturated carbocycles. The number of ether oxygens (including phenoxy) is 1. The molecule has 1 N–H and O–H groups in total. The predicted molar refractivity (Wildman–Crippen MR) is 106 cm³/mol. The van der Waals surface area contributed by atoms with Crippen molar-refractivity contribution in [2.24, 2.45) is 0 Å². The second-order valence-electron chi connectivity index (χ2n) is 5.31. The summed E-state index contributed by atoms with van der Waals surface area (Å²) >= 11 is 0. The number of hydrogen-bond acceptors (Lipinski definition) is 3. The number of rotatable bonds is 7. The summed E-state index contributed by atoms with van der Waals surface area (Å²) in [6.07, 6.45) is 1.81. The van der Waals surface area contributed by atoms with Crippen LogP contribution in [0.1, 0.15) is 16.8 Å². The summed E-state index contributed by atoms with van der Waals surface area (Å²) in [6, 6.07) is 24.3. The third kappa shape index (κ3) is 6.75. The van der Waals surface area contributed by atoms with Gasteiger partial charge in [-0.2, -0.15) is 0 Å². The van der Waals surface area contributed by atoms with E-state index in [4.69, 9.17) is 4.74 Å². The van der Waals surface area contributed by atoms with E-state index in [2.05, 4.69) is 28.5 Å². The number of benzene rings is 2. The summed E-state index contributed by atoms with van der Waals surface area (Å²) in [4.78, 5) is 4.31. The average Bonchev–Trinajstić information content (AvgIpc) is 2.63. The smallest absolute Gasteiger partial charge is 0.124 e. The van der Waals surface area contributed by atoms with Crippen molar-refractivity contribution in [2.45, 2.75) is 19.7 Å². The lowest BCUT2D eigenvalue weighted by Gasteiger charge is -2.12. The third-order valence-electron chi connectivity index (χ3n) is 3.56. The molecular weight excluding hydrogens is 355 g/mol. The lowest BCUT2D eigenvalue weighted by atomic mass is 10.2. The van der Waals surface area contributed by atoms with Gasteiger partial charge < -0.3 is 10.1 Å². The van der Waals surface area contributed by atoms with E-state index in [0.717, 1.165) is 30.1 Å². The van der Waals surface area contributed by atoms with Crippen molar-refractivity contribution >= 4 is 24.8 Å². The summed E-state index contributed by atoms with van der Waals surface area (Å²) in [5.74, 6) is 0.921. The summed E-state index contributed by atoms with van der Waals surface area (Å²) in [6.45, 7) is 2.08. The topological polar surface area (TPSA) is 34.1 Å². The van der Waals surface area contributed by atoms with Crippen LogP contribution in [0.25, 0.3) is 0 Å². The molecule has 0 atom stereocenters. The molecule has 0 aliphatic carbocycles. The van der Waals surface area contributed by atoms with Crippen LogP contribution in [0.4, 0.5) is 0 Å². The van der Waals surface area contributed by atoms with Gasteiger partial charge in [-0.15, -0.1) is 24.8 Å². The van der Waals surface area contributed by atoms with Crippen LogP contribution < -0.4 is 10.1 Å². The Morgan fingerprint density at radius 1 is 0.760 bits per heavy atom. The van der Waals surface area contributed by atoms with E-state index in [1.807, 2.05) is 60.8 Å². The highest BCUT2D eigenvalue weighted by Gasteiger charge is 2.03. The minimum Gasteiger partial charge on any atom is -0.489 e. The Morgan fingerprint density at radius 2 is 1.48 bits per heavy atom. The molecular formula is C20H22Cl2N2O. The molecule has 3 nitrogen and oxygen atoms in total. The van der Waals surface area contributed by atoms with Crippen LogP contribution in [0.15, 0.2) is 79.0 Å². The lowest BCUT2D eigenvalue weighted by Crippen LogP contribution is -2.14. The van der Waals surface area contributed by atoms with Crippen LogP contribution in [0.5, 0.6) is 5.75 Å². The van der Waals surface area contributed by atoms with Crippen molar-refractivity contribution in [1.29, 1.82) is 0 Å². The van der Waals surface area contributed by atoms with E-state index >= 15 is 0 Å². The quantitative estimate of drug-likeness (QED) is 0.643. The molecule has 2 aromatic carbocycles. The van der Waals surface area contributed by atoms with Gasteiger partial charge in [-0.3, -0.25) is 4.98 Å². The van der Waals surface area contributed by atoms with E-state index in [1.165, 1.54) is 5.56 Å². The number of halogens is 2. The summed E-state index contributed by atoms with van der Waals surface area (Å²) < 4.78 is 5.97. The van der Waals surface area contributed by atoms with Crippen molar-refractivity contribution in [3.63, 3.8) is 0 Å².